The van der Waals surface area contributed by atoms with Crippen LogP contribution in [0.1, 0.15) is 24.0 Å². The van der Waals surface area contributed by atoms with Crippen LogP contribution in [0.2, 0.25) is 0 Å². The van der Waals surface area contributed by atoms with Crippen molar-refractivity contribution in [1.29, 1.82) is 0 Å². The summed E-state index contributed by atoms with van der Waals surface area (Å²) in [6.07, 6.45) is 2.22. The molecule has 0 saturated carbocycles. The largest absolute Gasteiger partial charge is 0.376 e. The van der Waals surface area contributed by atoms with Crippen LogP contribution in [0, 0.1) is 13.8 Å². The molecular formula is C23H26N4O2S. The minimum atomic E-state index is -0.0219. The van der Waals surface area contributed by atoms with Gasteiger partial charge < -0.3 is 10.1 Å². The Balaban J connectivity index is 1.55. The van der Waals surface area contributed by atoms with Crippen molar-refractivity contribution in [3.8, 4) is 17.1 Å². The zero-order valence-corrected chi connectivity index (χ0v) is 18.1. The fraction of sp³-hybridized carbons (Fsp3) is 0.348. The lowest BCUT2D eigenvalue weighted by Gasteiger charge is -2.13. The minimum Gasteiger partial charge on any atom is -0.376 e. The van der Waals surface area contributed by atoms with Crippen LogP contribution in [0.15, 0.2) is 53.7 Å². The average molecular weight is 423 g/mol. The average Bonchev–Trinajstić information content (AvgIpc) is 3.43. The molecule has 1 aromatic heterocycles. The maximum absolute atomic E-state index is 12.4. The van der Waals surface area contributed by atoms with E-state index in [0.29, 0.717) is 11.7 Å². The van der Waals surface area contributed by atoms with Gasteiger partial charge >= 0.3 is 0 Å². The van der Waals surface area contributed by atoms with Crippen LogP contribution in [0.25, 0.3) is 17.1 Å². The van der Waals surface area contributed by atoms with Gasteiger partial charge in [0.25, 0.3) is 0 Å². The van der Waals surface area contributed by atoms with E-state index in [0.717, 1.165) is 36.5 Å². The first kappa shape index (κ1) is 20.6. The maximum atomic E-state index is 12.4. The number of aryl methyl sites for hydroxylation is 2. The SMILES string of the molecule is Cc1ccc(-n2c(SCC(=O)NC[C@H]3CCCO3)nnc2-c2ccccc2)cc1C. The number of nitrogens with zero attached hydrogens (tertiary/aromatic N) is 3. The summed E-state index contributed by atoms with van der Waals surface area (Å²) >= 11 is 1.39. The van der Waals surface area contributed by atoms with Crippen LogP contribution in [-0.4, -0.2) is 45.7 Å². The molecule has 6 nitrogen and oxygen atoms in total. The van der Waals surface area contributed by atoms with Crippen molar-refractivity contribution in [3.05, 3.63) is 59.7 Å². The number of carbonyl (C=O) groups excluding carboxylic acids is 1. The number of hydrogen-bond acceptors (Lipinski definition) is 5. The zero-order chi connectivity index (χ0) is 20.9. The lowest BCUT2D eigenvalue weighted by atomic mass is 10.1. The molecule has 0 aliphatic carbocycles. The molecule has 1 aliphatic rings. The Hall–Kier alpha value is -2.64. The van der Waals surface area contributed by atoms with Crippen molar-refractivity contribution >= 4 is 17.7 Å². The Kier molecular flexibility index (Phi) is 6.50. The van der Waals surface area contributed by atoms with Gasteiger partial charge in [-0.2, -0.15) is 0 Å². The van der Waals surface area contributed by atoms with Gasteiger partial charge in [-0.15, -0.1) is 10.2 Å². The van der Waals surface area contributed by atoms with Crippen molar-refractivity contribution in [1.82, 2.24) is 20.1 Å². The molecule has 0 radical (unpaired) electrons. The van der Waals surface area contributed by atoms with Crippen molar-refractivity contribution in [3.63, 3.8) is 0 Å². The number of thioether (sulfide) groups is 1. The highest BCUT2D eigenvalue weighted by atomic mass is 32.2. The molecule has 0 bridgehead atoms. The molecule has 30 heavy (non-hydrogen) atoms. The predicted octanol–water partition coefficient (Wildman–Crippen LogP) is 3.94. The summed E-state index contributed by atoms with van der Waals surface area (Å²) < 4.78 is 7.60. The molecule has 2 heterocycles. The van der Waals surface area contributed by atoms with Gasteiger partial charge in [0.2, 0.25) is 5.91 Å². The number of carbonyl (C=O) groups is 1. The van der Waals surface area contributed by atoms with E-state index in [4.69, 9.17) is 4.74 Å². The Bertz CT molecular complexity index is 1010. The van der Waals surface area contributed by atoms with Gasteiger partial charge in [-0.25, -0.2) is 0 Å². The van der Waals surface area contributed by atoms with Gasteiger partial charge in [0.15, 0.2) is 11.0 Å². The molecule has 1 aliphatic heterocycles. The van der Waals surface area contributed by atoms with E-state index in [1.54, 1.807) is 0 Å². The number of ether oxygens (including phenoxy) is 1. The van der Waals surface area contributed by atoms with E-state index in [-0.39, 0.29) is 17.8 Å². The minimum absolute atomic E-state index is 0.0219. The second-order valence-corrected chi connectivity index (χ2v) is 8.45. The fourth-order valence-corrected chi connectivity index (χ4v) is 4.23. The van der Waals surface area contributed by atoms with Gasteiger partial charge in [-0.3, -0.25) is 9.36 Å². The van der Waals surface area contributed by atoms with E-state index in [1.165, 1.54) is 22.9 Å². The van der Waals surface area contributed by atoms with Crippen LogP contribution < -0.4 is 5.32 Å². The molecule has 1 atom stereocenters. The third kappa shape index (κ3) is 4.74. The second kappa shape index (κ2) is 9.45. The lowest BCUT2D eigenvalue weighted by molar-refractivity contribution is -0.119. The molecule has 3 aromatic rings. The highest BCUT2D eigenvalue weighted by Crippen LogP contribution is 2.28. The van der Waals surface area contributed by atoms with Crippen molar-refractivity contribution < 1.29 is 9.53 Å². The summed E-state index contributed by atoms with van der Waals surface area (Å²) in [6, 6.07) is 16.3. The van der Waals surface area contributed by atoms with E-state index in [1.807, 2.05) is 34.9 Å². The fourth-order valence-electron chi connectivity index (χ4n) is 3.45. The molecule has 156 valence electrons. The maximum Gasteiger partial charge on any atom is 0.230 e. The van der Waals surface area contributed by atoms with Crippen LogP contribution >= 0.6 is 11.8 Å². The Morgan fingerprint density at radius 3 is 2.73 bits per heavy atom. The number of nitrogens with one attached hydrogen (secondary N) is 1. The van der Waals surface area contributed by atoms with Crippen LogP contribution in [0.3, 0.4) is 0 Å². The molecule has 2 aromatic carbocycles. The highest BCUT2D eigenvalue weighted by Gasteiger charge is 2.19. The molecular weight excluding hydrogens is 396 g/mol. The number of hydrogen-bond donors (Lipinski definition) is 1. The first-order valence-electron chi connectivity index (χ1n) is 10.2. The zero-order valence-electron chi connectivity index (χ0n) is 17.3. The molecule has 1 N–H and O–H groups in total. The molecule has 4 rings (SSSR count). The summed E-state index contributed by atoms with van der Waals surface area (Å²) in [5, 5.41) is 12.5. The molecule has 1 amide bonds. The van der Waals surface area contributed by atoms with Gasteiger partial charge in [0.1, 0.15) is 0 Å². The highest BCUT2D eigenvalue weighted by molar-refractivity contribution is 7.99. The second-order valence-electron chi connectivity index (χ2n) is 7.50. The van der Waals surface area contributed by atoms with Crippen LogP contribution in [0.4, 0.5) is 0 Å². The topological polar surface area (TPSA) is 69.0 Å². The summed E-state index contributed by atoms with van der Waals surface area (Å²) in [4.78, 5) is 12.4. The van der Waals surface area contributed by atoms with E-state index in [9.17, 15) is 4.79 Å². The summed E-state index contributed by atoms with van der Waals surface area (Å²) in [6.45, 7) is 5.54. The molecule has 1 fully saturated rings. The predicted molar refractivity (Wildman–Crippen MR) is 119 cm³/mol. The number of rotatable bonds is 7. The summed E-state index contributed by atoms with van der Waals surface area (Å²) in [7, 11) is 0. The van der Waals surface area contributed by atoms with E-state index < -0.39 is 0 Å². The third-order valence-electron chi connectivity index (χ3n) is 5.30. The monoisotopic (exact) mass is 422 g/mol. The van der Waals surface area contributed by atoms with E-state index in [2.05, 4.69) is 47.6 Å². The number of amides is 1. The van der Waals surface area contributed by atoms with Gasteiger partial charge in [-0.1, -0.05) is 48.2 Å². The third-order valence-corrected chi connectivity index (χ3v) is 6.23. The standard InChI is InChI=1S/C23H26N4O2S/c1-16-10-11-19(13-17(16)2)27-22(18-7-4-3-5-8-18)25-26-23(27)30-15-21(28)24-14-20-9-6-12-29-20/h3-5,7-8,10-11,13,20H,6,9,12,14-15H2,1-2H3,(H,24,28)/t20-/m1/s1. The first-order chi connectivity index (χ1) is 14.6. The van der Waals surface area contributed by atoms with Crippen LogP contribution in [-0.2, 0) is 9.53 Å². The lowest BCUT2D eigenvalue weighted by Crippen LogP contribution is -2.32. The molecule has 0 spiro atoms. The Morgan fingerprint density at radius 2 is 2.00 bits per heavy atom. The quantitative estimate of drug-likeness (QED) is 0.584. The Morgan fingerprint density at radius 1 is 1.17 bits per heavy atom. The smallest absolute Gasteiger partial charge is 0.230 e. The molecule has 0 unspecified atom stereocenters. The van der Waals surface area contributed by atoms with Crippen molar-refractivity contribution in [2.24, 2.45) is 0 Å². The van der Waals surface area contributed by atoms with Crippen molar-refractivity contribution in [2.45, 2.75) is 37.9 Å². The number of benzene rings is 2. The van der Waals surface area contributed by atoms with Crippen molar-refractivity contribution in [2.75, 3.05) is 18.9 Å². The summed E-state index contributed by atoms with van der Waals surface area (Å²) in [5.41, 5.74) is 4.41. The van der Waals surface area contributed by atoms with Crippen LogP contribution in [0.5, 0.6) is 0 Å². The first-order valence-corrected chi connectivity index (χ1v) is 11.2. The number of aromatic nitrogens is 3. The molecule has 7 heteroatoms. The normalized spacial score (nSPS) is 16.0. The summed E-state index contributed by atoms with van der Waals surface area (Å²) in [5.74, 6) is 1.03. The van der Waals surface area contributed by atoms with Gasteiger partial charge in [-0.05, 0) is 49.9 Å². The molecule has 1 saturated heterocycles. The van der Waals surface area contributed by atoms with Gasteiger partial charge in [0.05, 0.1) is 17.5 Å². The van der Waals surface area contributed by atoms with Gasteiger partial charge in [0, 0.05) is 18.7 Å². The Labute approximate surface area is 181 Å². The van der Waals surface area contributed by atoms with E-state index >= 15 is 0 Å².